The summed E-state index contributed by atoms with van der Waals surface area (Å²) in [5.41, 5.74) is 0. The smallest absolute Gasteiger partial charge is 0.231 e. The van der Waals surface area contributed by atoms with Crippen molar-refractivity contribution in [3.63, 3.8) is 0 Å². The van der Waals surface area contributed by atoms with E-state index in [9.17, 15) is 0 Å². The number of nitrogens with zero attached hydrogens (tertiary/aromatic N) is 8. The van der Waals surface area contributed by atoms with Gasteiger partial charge < -0.3 is 29.9 Å². The van der Waals surface area contributed by atoms with E-state index in [4.69, 9.17) is 9.47 Å². The number of ether oxygens (including phenoxy) is 2. The van der Waals surface area contributed by atoms with Gasteiger partial charge in [-0.15, -0.1) is 0 Å². The predicted molar refractivity (Wildman–Crippen MR) is 141 cm³/mol. The second-order valence-corrected chi connectivity index (χ2v) is 12.6. The Hall–Kier alpha value is -1.46. The van der Waals surface area contributed by atoms with Crippen LogP contribution < -0.4 is 20.4 Å². The highest BCUT2D eigenvalue weighted by atomic mass is 33.7. The van der Waals surface area contributed by atoms with E-state index in [0.717, 1.165) is 39.3 Å². The van der Waals surface area contributed by atoms with E-state index in [1.54, 1.807) is 19.7 Å². The molecule has 2 aromatic heterocycles. The number of morpholine rings is 2. The van der Waals surface area contributed by atoms with Gasteiger partial charge in [-0.05, 0) is 55.1 Å². The van der Waals surface area contributed by atoms with Crippen molar-refractivity contribution < 1.29 is 9.47 Å². The maximum atomic E-state index is 5.45. The van der Waals surface area contributed by atoms with Gasteiger partial charge in [0.15, 0.2) is 0 Å². The fourth-order valence-electron chi connectivity index (χ4n) is 3.14. The summed E-state index contributed by atoms with van der Waals surface area (Å²) in [6.07, 6.45) is 0. The van der Waals surface area contributed by atoms with Crippen LogP contribution in [-0.2, 0) is 9.47 Å². The first-order valence-corrected chi connectivity index (χ1v) is 15.9. The molecule has 16 heteroatoms. The van der Waals surface area contributed by atoms with E-state index in [1.807, 2.05) is 13.8 Å². The Bertz CT molecular complexity index is 845. The summed E-state index contributed by atoms with van der Waals surface area (Å²) >= 11 is 0. The van der Waals surface area contributed by atoms with Gasteiger partial charge in [0.2, 0.25) is 34.1 Å². The van der Waals surface area contributed by atoms with Gasteiger partial charge in [0.25, 0.3) is 0 Å². The maximum absolute atomic E-state index is 5.45. The van der Waals surface area contributed by atoms with Crippen LogP contribution in [0.25, 0.3) is 0 Å². The van der Waals surface area contributed by atoms with E-state index in [0.29, 0.717) is 60.5 Å². The fourth-order valence-corrected chi connectivity index (χ4v) is 7.88. The van der Waals surface area contributed by atoms with Crippen molar-refractivity contribution >= 4 is 65.0 Å². The van der Waals surface area contributed by atoms with E-state index in [-0.39, 0.29) is 0 Å². The molecule has 0 radical (unpaired) electrons. The Morgan fingerprint density at radius 2 is 1.06 bits per heavy atom. The van der Waals surface area contributed by atoms with Gasteiger partial charge in [0.05, 0.1) is 26.4 Å². The van der Waals surface area contributed by atoms with Crippen LogP contribution in [-0.4, -0.2) is 95.6 Å². The molecule has 0 spiro atoms. The molecule has 34 heavy (non-hydrogen) atoms. The highest BCUT2D eigenvalue weighted by Crippen LogP contribution is 2.48. The van der Waals surface area contributed by atoms with Gasteiger partial charge in [0, 0.05) is 39.3 Å². The second kappa shape index (κ2) is 13.6. The molecule has 2 aromatic rings. The van der Waals surface area contributed by atoms with Crippen molar-refractivity contribution in [2.45, 2.75) is 24.2 Å². The zero-order chi connectivity index (χ0) is 23.6. The molecule has 4 rings (SSSR count). The standard InChI is InChI=1S/C18H28N10O2S4/c1-3-19-13-21-15(27-5-9-29-10-6-27)25-17(23-13)31-33-34-32-18-24-14(20-4-2)22-16(26-18)28-7-11-30-12-8-28/h3-12H2,1-2H3,(H,19,21,23,25)(H,20,22,24,26). The number of aromatic nitrogens is 6. The molecule has 2 aliphatic rings. The van der Waals surface area contributed by atoms with Crippen LogP contribution in [0.4, 0.5) is 23.8 Å². The Morgan fingerprint density at radius 1 is 0.647 bits per heavy atom. The van der Waals surface area contributed by atoms with Crippen molar-refractivity contribution in [1.29, 1.82) is 0 Å². The number of hydrogen-bond acceptors (Lipinski definition) is 16. The SMILES string of the molecule is CCNc1nc(SSSSc2nc(NCC)nc(N3CCOCC3)n2)nc(N2CCOCC2)n1. The Balaban J connectivity index is 1.37. The second-order valence-electron chi connectivity index (χ2n) is 7.05. The van der Waals surface area contributed by atoms with Gasteiger partial charge in [-0.3, -0.25) is 0 Å². The third kappa shape index (κ3) is 7.52. The van der Waals surface area contributed by atoms with E-state index < -0.39 is 0 Å². The molecule has 0 saturated carbocycles. The molecule has 0 amide bonds. The molecule has 2 N–H and O–H groups in total. The third-order valence-electron chi connectivity index (χ3n) is 4.71. The summed E-state index contributed by atoms with van der Waals surface area (Å²) in [6.45, 7) is 11.3. The average molecular weight is 545 g/mol. The zero-order valence-electron chi connectivity index (χ0n) is 19.1. The number of hydrogen-bond donors (Lipinski definition) is 2. The minimum Gasteiger partial charge on any atom is -0.378 e. The van der Waals surface area contributed by atoms with Crippen molar-refractivity contribution in [2.75, 3.05) is 86.1 Å². The molecule has 12 nitrogen and oxygen atoms in total. The minimum absolute atomic E-state index is 0.586. The summed E-state index contributed by atoms with van der Waals surface area (Å²) < 4.78 is 10.9. The highest BCUT2D eigenvalue weighted by molar-refractivity contribution is 9.26. The van der Waals surface area contributed by atoms with Crippen LogP contribution in [0.5, 0.6) is 0 Å². The van der Waals surface area contributed by atoms with Crippen LogP contribution in [0.15, 0.2) is 10.3 Å². The molecular weight excluding hydrogens is 517 g/mol. The summed E-state index contributed by atoms with van der Waals surface area (Å²) in [6, 6.07) is 0. The minimum atomic E-state index is 0.586. The predicted octanol–water partition coefficient (Wildman–Crippen LogP) is 2.69. The molecule has 186 valence electrons. The fraction of sp³-hybridized carbons (Fsp3) is 0.667. The molecule has 0 bridgehead atoms. The Morgan fingerprint density at radius 3 is 1.44 bits per heavy atom. The van der Waals surface area contributed by atoms with Crippen LogP contribution in [0.3, 0.4) is 0 Å². The molecule has 2 aliphatic heterocycles. The largest absolute Gasteiger partial charge is 0.378 e. The molecular formula is C18H28N10O2S4. The number of nitrogens with one attached hydrogen (secondary N) is 2. The first-order valence-electron chi connectivity index (χ1n) is 11.1. The lowest BCUT2D eigenvalue weighted by atomic mass is 10.4. The lowest BCUT2D eigenvalue weighted by Gasteiger charge is -2.27. The molecule has 2 saturated heterocycles. The number of rotatable bonds is 11. The van der Waals surface area contributed by atoms with E-state index >= 15 is 0 Å². The summed E-state index contributed by atoms with van der Waals surface area (Å²) in [4.78, 5) is 31.8. The van der Waals surface area contributed by atoms with Gasteiger partial charge in [-0.1, -0.05) is 0 Å². The highest BCUT2D eigenvalue weighted by Gasteiger charge is 2.19. The van der Waals surface area contributed by atoms with Crippen molar-refractivity contribution in [3.05, 3.63) is 0 Å². The average Bonchev–Trinajstić information content (AvgIpc) is 2.88. The Kier molecular flexibility index (Phi) is 10.2. The van der Waals surface area contributed by atoms with Crippen molar-refractivity contribution in [1.82, 2.24) is 29.9 Å². The van der Waals surface area contributed by atoms with Crippen molar-refractivity contribution in [3.8, 4) is 0 Å². The molecule has 0 aromatic carbocycles. The lowest BCUT2D eigenvalue weighted by molar-refractivity contribution is 0.122. The monoisotopic (exact) mass is 544 g/mol. The summed E-state index contributed by atoms with van der Waals surface area (Å²) in [5, 5.41) is 7.71. The van der Waals surface area contributed by atoms with Crippen molar-refractivity contribution in [2.24, 2.45) is 0 Å². The quantitative estimate of drug-likeness (QED) is 0.317. The molecule has 4 heterocycles. The van der Waals surface area contributed by atoms with Gasteiger partial charge in [0.1, 0.15) is 0 Å². The van der Waals surface area contributed by atoms with Crippen LogP contribution in [0.2, 0.25) is 0 Å². The van der Waals surface area contributed by atoms with Gasteiger partial charge >= 0.3 is 0 Å². The molecule has 2 fully saturated rings. The molecule has 0 unspecified atom stereocenters. The molecule has 0 atom stereocenters. The first-order chi connectivity index (χ1) is 16.7. The summed E-state index contributed by atoms with van der Waals surface area (Å²) in [7, 11) is 6.10. The van der Waals surface area contributed by atoms with Gasteiger partial charge in [-0.2, -0.15) is 29.9 Å². The van der Waals surface area contributed by atoms with Crippen LogP contribution in [0.1, 0.15) is 13.8 Å². The lowest BCUT2D eigenvalue weighted by Crippen LogP contribution is -2.37. The van der Waals surface area contributed by atoms with E-state index in [1.165, 1.54) is 21.6 Å². The van der Waals surface area contributed by atoms with E-state index in [2.05, 4.69) is 50.3 Å². The zero-order valence-corrected chi connectivity index (χ0v) is 22.4. The normalized spacial score (nSPS) is 16.5. The first kappa shape index (κ1) is 25.6. The van der Waals surface area contributed by atoms with Crippen LogP contribution in [0, 0.1) is 0 Å². The topological polar surface area (TPSA) is 126 Å². The van der Waals surface area contributed by atoms with Gasteiger partial charge in [-0.25, -0.2) is 0 Å². The molecule has 0 aliphatic carbocycles. The van der Waals surface area contributed by atoms with Crippen LogP contribution >= 0.6 is 41.2 Å². The number of anilines is 4. The maximum Gasteiger partial charge on any atom is 0.231 e. The Labute approximate surface area is 214 Å². The summed E-state index contributed by atoms with van der Waals surface area (Å²) in [5.74, 6) is 2.53. The third-order valence-corrected chi connectivity index (χ3v) is 10.3.